The van der Waals surface area contributed by atoms with Gasteiger partial charge in [-0.1, -0.05) is 24.3 Å². The van der Waals surface area contributed by atoms with Gasteiger partial charge in [0.2, 0.25) is 5.91 Å². The number of ether oxygens (including phenoxy) is 1. The van der Waals surface area contributed by atoms with Crippen LogP contribution in [0.4, 0.5) is 0 Å². The number of carbonyl (C=O) groups excluding carboxylic acids is 1. The normalized spacial score (nSPS) is 21.4. The molecular weight excluding hydrogens is 350 g/mol. The lowest BCUT2D eigenvalue weighted by Gasteiger charge is -2.35. The van der Waals surface area contributed by atoms with Crippen LogP contribution in [0.2, 0.25) is 0 Å². The van der Waals surface area contributed by atoms with Gasteiger partial charge in [0.15, 0.2) is 0 Å². The van der Waals surface area contributed by atoms with Crippen LogP contribution in [-0.2, 0) is 16.1 Å². The number of piperidine rings is 1. The molecule has 0 spiro atoms. The average Bonchev–Trinajstić information content (AvgIpc) is 3.18. The van der Waals surface area contributed by atoms with Crippen molar-refractivity contribution in [2.24, 2.45) is 5.92 Å². The van der Waals surface area contributed by atoms with Gasteiger partial charge in [0.05, 0.1) is 12.6 Å². The molecule has 1 aromatic rings. The Hall–Kier alpha value is -1.43. The molecule has 0 radical (unpaired) electrons. The van der Waals surface area contributed by atoms with Gasteiger partial charge in [0.1, 0.15) is 0 Å². The number of nitrogens with zero attached hydrogens (tertiary/aromatic N) is 3. The lowest BCUT2D eigenvalue weighted by atomic mass is 9.95. The molecule has 2 heterocycles. The van der Waals surface area contributed by atoms with Gasteiger partial charge in [0, 0.05) is 40.3 Å². The van der Waals surface area contributed by atoms with Gasteiger partial charge < -0.3 is 9.64 Å². The first kappa shape index (κ1) is 21.3. The lowest BCUT2D eigenvalue weighted by Crippen LogP contribution is -2.44. The maximum absolute atomic E-state index is 12.3. The van der Waals surface area contributed by atoms with Crippen molar-refractivity contribution in [2.45, 2.75) is 45.3 Å². The van der Waals surface area contributed by atoms with E-state index in [1.165, 1.54) is 24.0 Å². The second-order valence-electron chi connectivity index (χ2n) is 8.76. The quantitative estimate of drug-likeness (QED) is 0.687. The van der Waals surface area contributed by atoms with Crippen molar-refractivity contribution < 1.29 is 9.53 Å². The van der Waals surface area contributed by atoms with Crippen molar-refractivity contribution in [3.05, 3.63) is 35.4 Å². The molecule has 156 valence electrons. The largest absolute Gasteiger partial charge is 0.377 e. The maximum Gasteiger partial charge on any atom is 0.236 e. The lowest BCUT2D eigenvalue weighted by molar-refractivity contribution is -0.130. The smallest absolute Gasteiger partial charge is 0.236 e. The Bertz CT molecular complexity index is 620. The van der Waals surface area contributed by atoms with Crippen LogP contribution in [0.3, 0.4) is 0 Å². The van der Waals surface area contributed by atoms with Gasteiger partial charge in [-0.15, -0.1) is 0 Å². The number of benzene rings is 1. The Kier molecular flexibility index (Phi) is 7.89. The number of hydrogen-bond donors (Lipinski definition) is 0. The van der Waals surface area contributed by atoms with Crippen LogP contribution in [0.25, 0.3) is 0 Å². The van der Waals surface area contributed by atoms with E-state index in [2.05, 4.69) is 41.0 Å². The Morgan fingerprint density at radius 2 is 1.89 bits per heavy atom. The van der Waals surface area contributed by atoms with Crippen LogP contribution >= 0.6 is 0 Å². The monoisotopic (exact) mass is 387 g/mol. The number of likely N-dealkylation sites (tertiary alicyclic amines) is 1. The molecule has 0 N–H and O–H groups in total. The van der Waals surface area contributed by atoms with Crippen molar-refractivity contribution in [3.8, 4) is 0 Å². The van der Waals surface area contributed by atoms with E-state index in [0.717, 1.165) is 52.2 Å². The van der Waals surface area contributed by atoms with Gasteiger partial charge >= 0.3 is 0 Å². The molecule has 5 heteroatoms. The summed E-state index contributed by atoms with van der Waals surface area (Å²) in [6.07, 6.45) is 5.00. The molecule has 0 saturated carbocycles. The molecule has 1 aromatic carbocycles. The first-order valence-electron chi connectivity index (χ1n) is 10.8. The van der Waals surface area contributed by atoms with Gasteiger partial charge in [0.25, 0.3) is 0 Å². The Morgan fingerprint density at radius 3 is 2.54 bits per heavy atom. The summed E-state index contributed by atoms with van der Waals surface area (Å²) in [4.78, 5) is 18.9. The third-order valence-corrected chi connectivity index (χ3v) is 6.22. The highest BCUT2D eigenvalue weighted by Gasteiger charge is 2.26. The van der Waals surface area contributed by atoms with Crippen molar-refractivity contribution in [1.29, 1.82) is 0 Å². The second-order valence-corrected chi connectivity index (χ2v) is 8.76. The molecular formula is C23H37N3O2. The Labute approximate surface area is 170 Å². The van der Waals surface area contributed by atoms with Crippen molar-refractivity contribution in [1.82, 2.24) is 14.7 Å². The molecule has 2 aliphatic rings. The third-order valence-electron chi connectivity index (χ3n) is 6.22. The maximum atomic E-state index is 12.3. The van der Waals surface area contributed by atoms with E-state index in [0.29, 0.717) is 18.6 Å². The van der Waals surface area contributed by atoms with E-state index in [1.807, 2.05) is 14.1 Å². The van der Waals surface area contributed by atoms with Gasteiger partial charge in [-0.3, -0.25) is 14.6 Å². The number of rotatable bonds is 8. The van der Waals surface area contributed by atoms with E-state index in [9.17, 15) is 4.79 Å². The highest BCUT2D eigenvalue weighted by molar-refractivity contribution is 5.77. The van der Waals surface area contributed by atoms with E-state index in [-0.39, 0.29) is 5.91 Å². The molecule has 1 amide bonds. The number of hydrogen-bond acceptors (Lipinski definition) is 4. The SMILES string of the molecule is Cc1ccccc1CN1CCC(CN(CC(=O)N(C)C)C[C@H]2CCCO2)CC1. The van der Waals surface area contributed by atoms with Gasteiger partial charge in [-0.2, -0.15) is 0 Å². The molecule has 0 aliphatic carbocycles. The van der Waals surface area contributed by atoms with Crippen LogP contribution in [0.1, 0.15) is 36.8 Å². The molecule has 2 aliphatic heterocycles. The topological polar surface area (TPSA) is 36.0 Å². The molecule has 28 heavy (non-hydrogen) atoms. The number of aryl methyl sites for hydroxylation is 1. The van der Waals surface area contributed by atoms with E-state index >= 15 is 0 Å². The minimum Gasteiger partial charge on any atom is -0.377 e. The highest BCUT2D eigenvalue weighted by atomic mass is 16.5. The fraction of sp³-hybridized carbons (Fsp3) is 0.696. The highest BCUT2D eigenvalue weighted by Crippen LogP contribution is 2.22. The predicted octanol–water partition coefficient (Wildman–Crippen LogP) is 2.78. The fourth-order valence-electron chi connectivity index (χ4n) is 4.33. The van der Waals surface area contributed by atoms with Crippen LogP contribution in [0, 0.1) is 12.8 Å². The summed E-state index contributed by atoms with van der Waals surface area (Å²) in [6.45, 7) is 8.84. The molecule has 0 unspecified atom stereocenters. The first-order valence-corrected chi connectivity index (χ1v) is 10.8. The van der Waals surface area contributed by atoms with E-state index < -0.39 is 0 Å². The summed E-state index contributed by atoms with van der Waals surface area (Å²) < 4.78 is 5.83. The zero-order chi connectivity index (χ0) is 19.9. The summed E-state index contributed by atoms with van der Waals surface area (Å²) in [5, 5.41) is 0. The Morgan fingerprint density at radius 1 is 1.14 bits per heavy atom. The van der Waals surface area contributed by atoms with Crippen LogP contribution in [0.15, 0.2) is 24.3 Å². The zero-order valence-corrected chi connectivity index (χ0v) is 17.9. The number of amides is 1. The van der Waals surface area contributed by atoms with Crippen LogP contribution in [-0.4, -0.2) is 80.1 Å². The number of likely N-dealkylation sites (N-methyl/N-ethyl adjacent to an activating group) is 1. The molecule has 5 nitrogen and oxygen atoms in total. The summed E-state index contributed by atoms with van der Waals surface area (Å²) in [6, 6.07) is 8.70. The molecule has 0 bridgehead atoms. The first-order chi connectivity index (χ1) is 13.5. The minimum atomic E-state index is 0.190. The number of carbonyl (C=O) groups is 1. The Balaban J connectivity index is 1.49. The summed E-state index contributed by atoms with van der Waals surface area (Å²) in [5.41, 5.74) is 2.83. The van der Waals surface area contributed by atoms with Crippen LogP contribution in [0.5, 0.6) is 0 Å². The summed E-state index contributed by atoms with van der Waals surface area (Å²) >= 11 is 0. The van der Waals surface area contributed by atoms with E-state index in [1.54, 1.807) is 4.90 Å². The molecule has 2 fully saturated rings. The molecule has 3 rings (SSSR count). The zero-order valence-electron chi connectivity index (χ0n) is 17.9. The predicted molar refractivity (Wildman–Crippen MR) is 113 cm³/mol. The average molecular weight is 388 g/mol. The molecule has 2 saturated heterocycles. The molecule has 0 aromatic heterocycles. The van der Waals surface area contributed by atoms with E-state index in [4.69, 9.17) is 4.74 Å². The van der Waals surface area contributed by atoms with Crippen LogP contribution < -0.4 is 0 Å². The van der Waals surface area contributed by atoms with Crippen molar-refractivity contribution in [3.63, 3.8) is 0 Å². The fourth-order valence-corrected chi connectivity index (χ4v) is 4.33. The van der Waals surface area contributed by atoms with Crippen molar-refractivity contribution in [2.75, 3.05) is 53.4 Å². The second kappa shape index (κ2) is 10.4. The van der Waals surface area contributed by atoms with Crippen molar-refractivity contribution >= 4 is 5.91 Å². The standard InChI is InChI=1S/C23H37N3O2/c1-19-7-4-5-8-21(19)16-25-12-10-20(11-13-25)15-26(18-23(27)24(2)3)17-22-9-6-14-28-22/h4-5,7-8,20,22H,6,9-18H2,1-3H3/t22-/m1/s1. The van der Waals surface area contributed by atoms with Gasteiger partial charge in [-0.05, 0) is 62.7 Å². The van der Waals surface area contributed by atoms with Gasteiger partial charge in [-0.25, -0.2) is 0 Å². The minimum absolute atomic E-state index is 0.190. The molecule has 1 atom stereocenters. The summed E-state index contributed by atoms with van der Waals surface area (Å²) in [5.74, 6) is 0.861. The summed E-state index contributed by atoms with van der Waals surface area (Å²) in [7, 11) is 3.69. The third kappa shape index (κ3) is 6.29.